The van der Waals surface area contributed by atoms with Gasteiger partial charge in [0.05, 0.1) is 23.4 Å². The van der Waals surface area contributed by atoms with Crippen LogP contribution in [0.5, 0.6) is 0 Å². The van der Waals surface area contributed by atoms with E-state index in [0.717, 1.165) is 26.5 Å². The first kappa shape index (κ1) is 16.7. The second kappa shape index (κ2) is 7.14. The number of carbonyl (C=O) groups is 1. The predicted molar refractivity (Wildman–Crippen MR) is 99.4 cm³/mol. The summed E-state index contributed by atoms with van der Waals surface area (Å²) in [4.78, 5) is 17.1. The summed E-state index contributed by atoms with van der Waals surface area (Å²) in [6.07, 6.45) is 0.658. The van der Waals surface area contributed by atoms with Crippen LogP contribution in [0.3, 0.4) is 0 Å². The number of nitrogens with zero attached hydrogens (tertiary/aromatic N) is 1. The van der Waals surface area contributed by atoms with E-state index in [9.17, 15) is 4.79 Å². The van der Waals surface area contributed by atoms with Crippen molar-refractivity contribution >= 4 is 32.8 Å². The van der Waals surface area contributed by atoms with Gasteiger partial charge in [0, 0.05) is 9.86 Å². The van der Waals surface area contributed by atoms with Gasteiger partial charge in [-0.05, 0) is 49.6 Å². The van der Waals surface area contributed by atoms with Crippen molar-refractivity contribution in [1.29, 1.82) is 0 Å². The Hall–Kier alpha value is -2.20. The van der Waals surface area contributed by atoms with Gasteiger partial charge in [-0.1, -0.05) is 46.3 Å². The minimum Gasteiger partial charge on any atom is -0.462 e. The van der Waals surface area contributed by atoms with Gasteiger partial charge in [0.25, 0.3) is 0 Å². The first-order valence-electron chi connectivity index (χ1n) is 7.90. The van der Waals surface area contributed by atoms with Crippen molar-refractivity contribution in [2.45, 2.75) is 20.3 Å². The third-order valence-electron chi connectivity index (χ3n) is 3.95. The van der Waals surface area contributed by atoms with Gasteiger partial charge >= 0.3 is 5.97 Å². The Morgan fingerprint density at radius 3 is 2.54 bits per heavy atom. The zero-order valence-electron chi connectivity index (χ0n) is 13.7. The largest absolute Gasteiger partial charge is 0.462 e. The highest BCUT2D eigenvalue weighted by Crippen LogP contribution is 2.27. The number of aromatic nitrogens is 1. The molecule has 0 N–H and O–H groups in total. The second-order valence-corrected chi connectivity index (χ2v) is 6.51. The molecule has 2 aromatic carbocycles. The van der Waals surface area contributed by atoms with Crippen LogP contribution in [0.1, 0.15) is 34.1 Å². The van der Waals surface area contributed by atoms with Crippen molar-refractivity contribution < 1.29 is 9.53 Å². The molecule has 3 nitrogen and oxygen atoms in total. The number of hydrogen-bond acceptors (Lipinski definition) is 3. The molecule has 0 radical (unpaired) electrons. The molecule has 1 heterocycles. The van der Waals surface area contributed by atoms with Gasteiger partial charge in [-0.25, -0.2) is 4.79 Å². The normalized spacial score (nSPS) is 10.8. The van der Waals surface area contributed by atoms with Gasteiger partial charge in [0.15, 0.2) is 0 Å². The molecule has 0 amide bonds. The monoisotopic (exact) mass is 383 g/mol. The van der Waals surface area contributed by atoms with Gasteiger partial charge in [-0.3, -0.25) is 4.98 Å². The molecule has 0 unspecified atom stereocenters. The van der Waals surface area contributed by atoms with E-state index in [2.05, 4.69) is 33.0 Å². The zero-order valence-corrected chi connectivity index (χ0v) is 15.3. The lowest BCUT2D eigenvalue weighted by Gasteiger charge is -2.15. The summed E-state index contributed by atoms with van der Waals surface area (Å²) in [6, 6.07) is 16.1. The second-order valence-electron chi connectivity index (χ2n) is 5.59. The van der Waals surface area contributed by atoms with Crippen LogP contribution < -0.4 is 0 Å². The fourth-order valence-electron chi connectivity index (χ4n) is 2.88. The maximum atomic E-state index is 12.5. The average molecular weight is 384 g/mol. The predicted octanol–water partition coefficient (Wildman–Crippen LogP) is 5.07. The summed E-state index contributed by atoms with van der Waals surface area (Å²) in [5.74, 6) is -0.305. The Morgan fingerprint density at radius 2 is 1.83 bits per heavy atom. The van der Waals surface area contributed by atoms with E-state index in [0.29, 0.717) is 24.3 Å². The first-order valence-corrected chi connectivity index (χ1v) is 8.69. The number of hydrogen-bond donors (Lipinski definition) is 0. The van der Waals surface area contributed by atoms with Crippen LogP contribution >= 0.6 is 15.9 Å². The maximum absolute atomic E-state index is 12.5. The third kappa shape index (κ3) is 3.34. The number of pyridine rings is 1. The molecule has 0 aliphatic rings. The Balaban J connectivity index is 2.19. The lowest BCUT2D eigenvalue weighted by molar-refractivity contribution is 0.0524. The molecule has 122 valence electrons. The Morgan fingerprint density at radius 1 is 1.12 bits per heavy atom. The molecule has 0 saturated heterocycles. The standard InChI is InChI=1S/C20H18BrNO2/c1-3-24-20(23)19-13(2)22-18-7-5-4-6-16(18)17(19)12-14-8-10-15(21)11-9-14/h4-11H,3,12H2,1-2H3. The van der Waals surface area contributed by atoms with E-state index < -0.39 is 0 Å². The lowest BCUT2D eigenvalue weighted by atomic mass is 9.95. The fraction of sp³-hybridized carbons (Fsp3) is 0.200. The molecule has 0 bridgehead atoms. The third-order valence-corrected chi connectivity index (χ3v) is 4.48. The molecule has 0 aliphatic heterocycles. The van der Waals surface area contributed by atoms with Crippen LogP contribution in [0, 0.1) is 6.92 Å². The quantitative estimate of drug-likeness (QED) is 0.590. The van der Waals surface area contributed by atoms with Gasteiger partial charge in [-0.15, -0.1) is 0 Å². The Kier molecular flexibility index (Phi) is 4.95. The van der Waals surface area contributed by atoms with Crippen LogP contribution in [-0.4, -0.2) is 17.6 Å². The summed E-state index contributed by atoms with van der Waals surface area (Å²) >= 11 is 3.46. The number of carbonyl (C=O) groups excluding carboxylic acids is 1. The molecule has 3 rings (SSSR count). The molecule has 24 heavy (non-hydrogen) atoms. The highest BCUT2D eigenvalue weighted by molar-refractivity contribution is 9.10. The van der Waals surface area contributed by atoms with E-state index in [1.54, 1.807) is 0 Å². The summed E-state index contributed by atoms with van der Waals surface area (Å²) in [5.41, 5.74) is 4.30. The number of ether oxygens (including phenoxy) is 1. The number of fused-ring (bicyclic) bond motifs is 1. The number of halogens is 1. The molecule has 0 fully saturated rings. The van der Waals surface area contributed by atoms with Crippen LogP contribution in [0.25, 0.3) is 10.9 Å². The van der Waals surface area contributed by atoms with E-state index in [-0.39, 0.29) is 5.97 Å². The van der Waals surface area contributed by atoms with E-state index in [1.807, 2.05) is 50.2 Å². The molecular weight excluding hydrogens is 366 g/mol. The van der Waals surface area contributed by atoms with E-state index in [4.69, 9.17) is 4.74 Å². The summed E-state index contributed by atoms with van der Waals surface area (Å²) in [6.45, 7) is 4.03. The van der Waals surface area contributed by atoms with Crippen LogP contribution in [-0.2, 0) is 11.2 Å². The van der Waals surface area contributed by atoms with Gasteiger partial charge in [0.1, 0.15) is 0 Å². The fourth-order valence-corrected chi connectivity index (χ4v) is 3.14. The molecule has 0 atom stereocenters. The van der Waals surface area contributed by atoms with Crippen molar-refractivity contribution in [3.05, 3.63) is 75.4 Å². The zero-order chi connectivity index (χ0) is 17.1. The van der Waals surface area contributed by atoms with Crippen molar-refractivity contribution in [3.8, 4) is 0 Å². The SMILES string of the molecule is CCOC(=O)c1c(C)nc2ccccc2c1Cc1ccc(Br)cc1. The molecule has 0 saturated carbocycles. The van der Waals surface area contributed by atoms with Crippen LogP contribution in [0.15, 0.2) is 53.0 Å². The summed E-state index contributed by atoms with van der Waals surface area (Å²) in [7, 11) is 0. The molecule has 4 heteroatoms. The highest BCUT2D eigenvalue weighted by Gasteiger charge is 2.20. The van der Waals surface area contributed by atoms with Crippen LogP contribution in [0.4, 0.5) is 0 Å². The highest BCUT2D eigenvalue weighted by atomic mass is 79.9. The van der Waals surface area contributed by atoms with Gasteiger partial charge < -0.3 is 4.74 Å². The van der Waals surface area contributed by atoms with E-state index in [1.165, 1.54) is 0 Å². The van der Waals surface area contributed by atoms with Crippen molar-refractivity contribution in [2.75, 3.05) is 6.61 Å². The van der Waals surface area contributed by atoms with Crippen molar-refractivity contribution in [2.24, 2.45) is 0 Å². The number of para-hydroxylation sites is 1. The minimum atomic E-state index is -0.305. The molecular formula is C20H18BrNO2. The molecule has 0 spiro atoms. The average Bonchev–Trinajstić information content (AvgIpc) is 2.57. The van der Waals surface area contributed by atoms with Gasteiger partial charge in [0.2, 0.25) is 0 Å². The van der Waals surface area contributed by atoms with Crippen molar-refractivity contribution in [3.63, 3.8) is 0 Å². The molecule has 0 aliphatic carbocycles. The Labute approximate surface area is 149 Å². The molecule has 3 aromatic rings. The van der Waals surface area contributed by atoms with Gasteiger partial charge in [-0.2, -0.15) is 0 Å². The topological polar surface area (TPSA) is 39.2 Å². The number of aryl methyl sites for hydroxylation is 1. The summed E-state index contributed by atoms with van der Waals surface area (Å²) in [5, 5.41) is 0.995. The molecule has 1 aromatic heterocycles. The first-order chi connectivity index (χ1) is 11.6. The number of esters is 1. The van der Waals surface area contributed by atoms with E-state index >= 15 is 0 Å². The maximum Gasteiger partial charge on any atom is 0.340 e. The smallest absolute Gasteiger partial charge is 0.340 e. The lowest BCUT2D eigenvalue weighted by Crippen LogP contribution is -2.12. The Bertz CT molecular complexity index is 888. The number of rotatable bonds is 4. The number of benzene rings is 2. The summed E-state index contributed by atoms with van der Waals surface area (Å²) < 4.78 is 6.30. The van der Waals surface area contributed by atoms with Crippen LogP contribution in [0.2, 0.25) is 0 Å². The van der Waals surface area contributed by atoms with Crippen molar-refractivity contribution in [1.82, 2.24) is 4.98 Å². The minimum absolute atomic E-state index is 0.305.